The fourth-order valence-electron chi connectivity index (χ4n) is 4.06. The number of aliphatic hydroxyl groups is 1. The SMILES string of the molecule is C=CC[C@@H](C)C(=O)O[C@H]1[C@@H](OC(=O)Nc2ccc3c(c2)OCO3)[C@@H](CO)O[C@H](OC)[C@@H]1OC(=O)[C@H](C)CC=C. The number of carbonyl (C=O) groups excluding carboxylic acids is 3. The van der Waals surface area contributed by atoms with E-state index in [4.69, 9.17) is 33.2 Å². The number of ether oxygens (including phenoxy) is 7. The van der Waals surface area contributed by atoms with Crippen LogP contribution in [0.5, 0.6) is 11.5 Å². The molecule has 0 saturated carbocycles. The van der Waals surface area contributed by atoms with Gasteiger partial charge in [0.15, 0.2) is 36.1 Å². The summed E-state index contributed by atoms with van der Waals surface area (Å²) in [7, 11) is 1.31. The van der Waals surface area contributed by atoms with E-state index in [-0.39, 0.29) is 6.79 Å². The largest absolute Gasteiger partial charge is 0.454 e. The quantitative estimate of drug-likeness (QED) is 0.225. The first-order chi connectivity index (χ1) is 18.7. The maximum absolute atomic E-state index is 12.9. The normalized spacial score (nSPS) is 25.1. The Labute approximate surface area is 226 Å². The van der Waals surface area contributed by atoms with Crippen LogP contribution in [-0.4, -0.2) is 74.4 Å². The molecule has 214 valence electrons. The first-order valence-corrected chi connectivity index (χ1v) is 12.5. The Hall–Kier alpha value is -3.61. The molecule has 0 radical (unpaired) electrons. The number of benzene rings is 1. The summed E-state index contributed by atoms with van der Waals surface area (Å²) in [6.45, 7) is 9.98. The molecular weight excluding hydrogens is 514 g/mol. The van der Waals surface area contributed by atoms with Gasteiger partial charge in [-0.3, -0.25) is 14.9 Å². The molecule has 1 saturated heterocycles. The minimum atomic E-state index is -1.37. The highest BCUT2D eigenvalue weighted by atomic mass is 16.7. The number of aliphatic hydroxyl groups excluding tert-OH is 1. The van der Waals surface area contributed by atoms with Crippen molar-refractivity contribution in [3.8, 4) is 11.5 Å². The van der Waals surface area contributed by atoms with Crippen LogP contribution in [0.15, 0.2) is 43.5 Å². The van der Waals surface area contributed by atoms with E-state index in [2.05, 4.69) is 18.5 Å². The van der Waals surface area contributed by atoms with Gasteiger partial charge >= 0.3 is 18.0 Å². The number of anilines is 1. The zero-order valence-electron chi connectivity index (χ0n) is 22.2. The predicted molar refractivity (Wildman–Crippen MR) is 137 cm³/mol. The van der Waals surface area contributed by atoms with E-state index in [9.17, 15) is 19.5 Å². The van der Waals surface area contributed by atoms with Crippen molar-refractivity contribution in [2.24, 2.45) is 11.8 Å². The highest BCUT2D eigenvalue weighted by Crippen LogP contribution is 2.35. The van der Waals surface area contributed by atoms with Crippen LogP contribution in [0.2, 0.25) is 0 Å². The summed E-state index contributed by atoms with van der Waals surface area (Å²) in [5.74, 6) is -1.49. The summed E-state index contributed by atoms with van der Waals surface area (Å²) < 4.78 is 38.8. The highest BCUT2D eigenvalue weighted by molar-refractivity contribution is 5.85. The number of hydrogen-bond acceptors (Lipinski definition) is 11. The molecule has 12 nitrogen and oxygen atoms in total. The zero-order chi connectivity index (χ0) is 28.5. The molecule has 1 aromatic rings. The lowest BCUT2D eigenvalue weighted by molar-refractivity contribution is -0.300. The second kappa shape index (κ2) is 14.0. The molecule has 39 heavy (non-hydrogen) atoms. The Bertz CT molecular complexity index is 1040. The average Bonchev–Trinajstić information content (AvgIpc) is 3.38. The molecule has 0 unspecified atom stereocenters. The van der Waals surface area contributed by atoms with Gasteiger partial charge in [-0.05, 0) is 25.0 Å². The van der Waals surface area contributed by atoms with Crippen molar-refractivity contribution in [1.82, 2.24) is 0 Å². The number of nitrogens with one attached hydrogen (secondary N) is 1. The molecule has 0 aliphatic carbocycles. The number of esters is 2. The van der Waals surface area contributed by atoms with Crippen LogP contribution in [0.1, 0.15) is 26.7 Å². The van der Waals surface area contributed by atoms with Crippen molar-refractivity contribution in [1.29, 1.82) is 0 Å². The molecule has 0 bridgehead atoms. The van der Waals surface area contributed by atoms with Crippen LogP contribution in [0, 0.1) is 11.8 Å². The molecule has 2 aliphatic heterocycles. The average molecular weight is 550 g/mol. The Morgan fingerprint density at radius 1 is 1.00 bits per heavy atom. The zero-order valence-corrected chi connectivity index (χ0v) is 22.2. The summed E-state index contributed by atoms with van der Waals surface area (Å²) in [4.78, 5) is 38.7. The van der Waals surface area contributed by atoms with Crippen LogP contribution in [0.4, 0.5) is 10.5 Å². The van der Waals surface area contributed by atoms with Gasteiger partial charge in [0.2, 0.25) is 6.79 Å². The highest BCUT2D eigenvalue weighted by Gasteiger charge is 2.53. The fraction of sp³-hybridized carbons (Fsp3) is 0.519. The lowest BCUT2D eigenvalue weighted by Gasteiger charge is -2.44. The molecule has 1 aromatic carbocycles. The van der Waals surface area contributed by atoms with Crippen molar-refractivity contribution >= 4 is 23.7 Å². The van der Waals surface area contributed by atoms with E-state index >= 15 is 0 Å². The molecule has 7 atom stereocenters. The van der Waals surface area contributed by atoms with Crippen molar-refractivity contribution < 1.29 is 52.6 Å². The number of carbonyl (C=O) groups is 3. The van der Waals surface area contributed by atoms with Crippen molar-refractivity contribution in [3.05, 3.63) is 43.5 Å². The molecule has 0 aromatic heterocycles. The second-order valence-corrected chi connectivity index (χ2v) is 9.18. The van der Waals surface area contributed by atoms with Gasteiger partial charge in [0.1, 0.15) is 6.10 Å². The van der Waals surface area contributed by atoms with Crippen LogP contribution in [0.25, 0.3) is 0 Å². The molecule has 0 spiro atoms. The topological polar surface area (TPSA) is 148 Å². The van der Waals surface area contributed by atoms with Crippen LogP contribution >= 0.6 is 0 Å². The molecule has 1 amide bonds. The van der Waals surface area contributed by atoms with E-state index in [1.165, 1.54) is 7.11 Å². The first kappa shape index (κ1) is 29.9. The van der Waals surface area contributed by atoms with Crippen LogP contribution in [-0.2, 0) is 33.3 Å². The molecule has 2 aliphatic rings. The van der Waals surface area contributed by atoms with Gasteiger partial charge in [-0.15, -0.1) is 13.2 Å². The van der Waals surface area contributed by atoms with Gasteiger partial charge in [-0.2, -0.15) is 0 Å². The molecular formula is C27H35NO11. The summed E-state index contributed by atoms with van der Waals surface area (Å²) in [6, 6.07) is 4.75. The third-order valence-corrected chi connectivity index (χ3v) is 6.22. The Balaban J connectivity index is 1.88. The Kier molecular flexibility index (Phi) is 10.7. The number of rotatable bonds is 12. The third kappa shape index (κ3) is 7.49. The maximum Gasteiger partial charge on any atom is 0.412 e. The van der Waals surface area contributed by atoms with Gasteiger partial charge < -0.3 is 38.3 Å². The van der Waals surface area contributed by atoms with Crippen LogP contribution < -0.4 is 14.8 Å². The second-order valence-electron chi connectivity index (χ2n) is 9.18. The Morgan fingerprint density at radius 3 is 2.21 bits per heavy atom. The van der Waals surface area contributed by atoms with E-state index < -0.39 is 67.2 Å². The predicted octanol–water partition coefficient (Wildman–Crippen LogP) is 2.94. The smallest absolute Gasteiger partial charge is 0.412 e. The molecule has 3 rings (SSSR count). The molecule has 2 heterocycles. The van der Waals surface area contributed by atoms with E-state index in [0.717, 1.165) is 0 Å². The summed E-state index contributed by atoms with van der Waals surface area (Å²) in [6.07, 6.45) is -3.63. The lowest BCUT2D eigenvalue weighted by Crippen LogP contribution is -2.63. The summed E-state index contributed by atoms with van der Waals surface area (Å²) in [5, 5.41) is 12.6. The molecule has 12 heteroatoms. The first-order valence-electron chi connectivity index (χ1n) is 12.5. The van der Waals surface area contributed by atoms with Crippen molar-refractivity contribution in [2.45, 2.75) is 57.4 Å². The van der Waals surface area contributed by atoms with Gasteiger partial charge in [-0.25, -0.2) is 4.79 Å². The van der Waals surface area contributed by atoms with Crippen molar-refractivity contribution in [2.75, 3.05) is 25.8 Å². The van der Waals surface area contributed by atoms with E-state index in [0.29, 0.717) is 30.0 Å². The van der Waals surface area contributed by atoms with Gasteiger partial charge in [0, 0.05) is 18.9 Å². The van der Waals surface area contributed by atoms with E-state index in [1.807, 2.05) is 0 Å². The van der Waals surface area contributed by atoms with Gasteiger partial charge in [0.05, 0.1) is 18.4 Å². The molecule has 1 fully saturated rings. The standard InChI is InChI=1S/C27H35NO11/c1-6-8-15(3)24(30)37-22-21(39-27(32)28-17-10-11-18-19(12-17)35-14-34-18)20(13-29)36-26(33-5)23(22)38-25(31)16(4)9-7-2/h6-7,10-12,15-16,20-23,26,29H,1-2,8-9,13-14H2,3-5H3,(H,28,32)/t15-,16-,20-,21+,22+,23-,26+/m1/s1. The summed E-state index contributed by atoms with van der Waals surface area (Å²) >= 11 is 0. The molecule has 2 N–H and O–H groups in total. The number of methoxy groups -OCH3 is 1. The monoisotopic (exact) mass is 549 g/mol. The van der Waals surface area contributed by atoms with Crippen molar-refractivity contribution in [3.63, 3.8) is 0 Å². The Morgan fingerprint density at radius 2 is 1.62 bits per heavy atom. The number of hydrogen-bond donors (Lipinski definition) is 2. The summed E-state index contributed by atoms with van der Waals surface area (Å²) in [5.41, 5.74) is 0.339. The maximum atomic E-state index is 12.9. The number of fused-ring (bicyclic) bond motifs is 1. The fourth-order valence-corrected chi connectivity index (χ4v) is 4.06. The lowest BCUT2D eigenvalue weighted by atomic mass is 9.97. The van der Waals surface area contributed by atoms with Gasteiger partial charge in [-0.1, -0.05) is 26.0 Å². The number of amides is 1. The minimum absolute atomic E-state index is 0.0599. The van der Waals surface area contributed by atoms with Gasteiger partial charge in [0.25, 0.3) is 0 Å². The number of allylic oxidation sites excluding steroid dienone is 2. The minimum Gasteiger partial charge on any atom is -0.454 e. The van der Waals surface area contributed by atoms with E-state index in [1.54, 1.807) is 44.2 Å². The third-order valence-electron chi connectivity index (χ3n) is 6.22. The van der Waals surface area contributed by atoms with Crippen LogP contribution in [0.3, 0.4) is 0 Å².